The fourth-order valence-electron chi connectivity index (χ4n) is 1.69. The molecule has 1 unspecified atom stereocenters. The van der Waals surface area contributed by atoms with Crippen molar-refractivity contribution in [1.29, 1.82) is 0 Å². The minimum Gasteiger partial charge on any atom is -0.355 e. The van der Waals surface area contributed by atoms with Crippen LogP contribution < -0.4 is 15.5 Å². The molecule has 0 aliphatic carbocycles. The third-order valence-corrected chi connectivity index (χ3v) is 3.96. The van der Waals surface area contributed by atoms with Crippen LogP contribution in [0.5, 0.6) is 0 Å². The Hall–Kier alpha value is -1.14. The van der Waals surface area contributed by atoms with E-state index in [0.717, 1.165) is 23.1 Å². The Morgan fingerprint density at radius 1 is 1.42 bits per heavy atom. The molecule has 19 heavy (non-hydrogen) atoms. The number of likely N-dealkylation sites (N-methyl/N-ethyl adjacent to an activating group) is 1. The van der Waals surface area contributed by atoms with Crippen LogP contribution in [0.15, 0.2) is 6.20 Å². The van der Waals surface area contributed by atoms with Gasteiger partial charge in [-0.15, -0.1) is 11.3 Å². The fraction of sp³-hybridized carbons (Fsp3) is 0.692. The molecule has 0 radical (unpaired) electrons. The lowest BCUT2D eigenvalue weighted by atomic mass is 10.3. The molecule has 1 aromatic heterocycles. The lowest BCUT2D eigenvalue weighted by Gasteiger charge is -2.16. The van der Waals surface area contributed by atoms with Gasteiger partial charge in [-0.25, -0.2) is 4.98 Å². The molecular formula is C13H24N4OS. The second kappa shape index (κ2) is 8.12. The highest BCUT2D eigenvalue weighted by atomic mass is 32.1. The molecule has 0 aliphatic rings. The Bertz CT molecular complexity index is 390. The van der Waals surface area contributed by atoms with Gasteiger partial charge < -0.3 is 15.5 Å². The topological polar surface area (TPSA) is 57.3 Å². The highest BCUT2D eigenvalue weighted by molar-refractivity contribution is 7.15. The molecule has 0 saturated carbocycles. The summed E-state index contributed by atoms with van der Waals surface area (Å²) in [5, 5.41) is 7.06. The SMILES string of the molecule is CCNC(=O)C(C)NCc1cnc(N(CC)CC)s1. The van der Waals surface area contributed by atoms with Crippen molar-refractivity contribution >= 4 is 22.4 Å². The maximum Gasteiger partial charge on any atom is 0.236 e. The van der Waals surface area contributed by atoms with E-state index in [1.807, 2.05) is 20.0 Å². The van der Waals surface area contributed by atoms with Crippen molar-refractivity contribution in [3.63, 3.8) is 0 Å². The number of anilines is 1. The smallest absolute Gasteiger partial charge is 0.236 e. The van der Waals surface area contributed by atoms with Crippen LogP contribution in [0.3, 0.4) is 0 Å². The Kier molecular flexibility index (Phi) is 6.80. The lowest BCUT2D eigenvalue weighted by Crippen LogP contribution is -2.41. The monoisotopic (exact) mass is 284 g/mol. The van der Waals surface area contributed by atoms with Crippen LogP contribution in [0.25, 0.3) is 0 Å². The summed E-state index contributed by atoms with van der Waals surface area (Å²) in [4.78, 5) is 19.4. The third-order valence-electron chi connectivity index (χ3n) is 2.90. The standard InChI is InChI=1S/C13H24N4OS/c1-5-14-12(18)10(4)15-8-11-9-16-13(19-11)17(6-2)7-3/h9-10,15H,5-8H2,1-4H3,(H,14,18). The molecule has 6 heteroatoms. The minimum atomic E-state index is -0.182. The molecule has 0 fully saturated rings. The van der Waals surface area contributed by atoms with Crippen LogP contribution in [-0.4, -0.2) is 36.6 Å². The maximum atomic E-state index is 11.6. The van der Waals surface area contributed by atoms with E-state index in [-0.39, 0.29) is 11.9 Å². The third kappa shape index (κ3) is 4.80. The number of thiazole rings is 1. The van der Waals surface area contributed by atoms with Crippen molar-refractivity contribution < 1.29 is 4.79 Å². The second-order valence-electron chi connectivity index (χ2n) is 4.28. The first-order valence-corrected chi connectivity index (χ1v) is 7.64. The first-order valence-electron chi connectivity index (χ1n) is 6.83. The van der Waals surface area contributed by atoms with Crippen molar-refractivity contribution in [2.24, 2.45) is 0 Å². The summed E-state index contributed by atoms with van der Waals surface area (Å²) in [5.74, 6) is 0.0379. The van der Waals surface area contributed by atoms with Crippen LogP contribution >= 0.6 is 11.3 Å². The highest BCUT2D eigenvalue weighted by Crippen LogP contribution is 2.22. The van der Waals surface area contributed by atoms with E-state index in [2.05, 4.69) is 34.4 Å². The summed E-state index contributed by atoms with van der Waals surface area (Å²) in [6.07, 6.45) is 1.88. The number of aromatic nitrogens is 1. The van der Waals surface area contributed by atoms with Gasteiger partial charge in [-0.3, -0.25) is 4.79 Å². The van der Waals surface area contributed by atoms with Crippen LogP contribution in [0.4, 0.5) is 5.13 Å². The van der Waals surface area contributed by atoms with E-state index in [4.69, 9.17) is 0 Å². The average Bonchev–Trinajstić information content (AvgIpc) is 2.86. The van der Waals surface area contributed by atoms with Crippen molar-refractivity contribution in [1.82, 2.24) is 15.6 Å². The normalized spacial score (nSPS) is 12.2. The predicted octanol–water partition coefficient (Wildman–Crippen LogP) is 1.60. The second-order valence-corrected chi connectivity index (χ2v) is 5.37. The minimum absolute atomic E-state index is 0.0379. The zero-order chi connectivity index (χ0) is 14.3. The number of hydrogen-bond donors (Lipinski definition) is 2. The van der Waals surface area contributed by atoms with E-state index < -0.39 is 0 Å². The fourth-order valence-corrected chi connectivity index (χ4v) is 2.68. The summed E-state index contributed by atoms with van der Waals surface area (Å²) in [6.45, 7) is 11.3. The predicted molar refractivity (Wildman–Crippen MR) is 80.7 cm³/mol. The Morgan fingerprint density at radius 2 is 2.11 bits per heavy atom. The molecule has 0 saturated heterocycles. The summed E-state index contributed by atoms with van der Waals surface area (Å²) in [7, 11) is 0. The van der Waals surface area contributed by atoms with E-state index >= 15 is 0 Å². The average molecular weight is 284 g/mol. The molecule has 0 spiro atoms. The molecule has 1 amide bonds. The van der Waals surface area contributed by atoms with Crippen molar-refractivity contribution in [2.45, 2.75) is 40.3 Å². The number of nitrogens with zero attached hydrogens (tertiary/aromatic N) is 2. The van der Waals surface area contributed by atoms with E-state index in [1.165, 1.54) is 0 Å². The summed E-state index contributed by atoms with van der Waals surface area (Å²) >= 11 is 1.68. The number of carbonyl (C=O) groups excluding carboxylic acids is 1. The van der Waals surface area contributed by atoms with Crippen molar-refractivity contribution in [3.8, 4) is 0 Å². The molecule has 0 aromatic carbocycles. The number of amides is 1. The van der Waals surface area contributed by atoms with E-state index in [0.29, 0.717) is 13.1 Å². The summed E-state index contributed by atoms with van der Waals surface area (Å²) < 4.78 is 0. The number of hydrogen-bond acceptors (Lipinski definition) is 5. The first-order chi connectivity index (χ1) is 9.12. The van der Waals surface area contributed by atoms with E-state index in [9.17, 15) is 4.79 Å². The van der Waals surface area contributed by atoms with Gasteiger partial charge in [-0.2, -0.15) is 0 Å². The molecule has 0 bridgehead atoms. The molecule has 1 aromatic rings. The van der Waals surface area contributed by atoms with Crippen LogP contribution in [0.1, 0.15) is 32.6 Å². The van der Waals surface area contributed by atoms with Gasteiger partial charge in [-0.1, -0.05) is 0 Å². The zero-order valence-electron chi connectivity index (χ0n) is 12.2. The number of carbonyl (C=O) groups is 1. The van der Waals surface area contributed by atoms with Gasteiger partial charge in [-0.05, 0) is 27.7 Å². The highest BCUT2D eigenvalue weighted by Gasteiger charge is 2.12. The molecule has 2 N–H and O–H groups in total. The van der Waals surface area contributed by atoms with Gasteiger partial charge >= 0.3 is 0 Å². The van der Waals surface area contributed by atoms with Crippen LogP contribution in [0.2, 0.25) is 0 Å². The summed E-state index contributed by atoms with van der Waals surface area (Å²) in [5.41, 5.74) is 0. The lowest BCUT2D eigenvalue weighted by molar-refractivity contribution is -0.122. The molecule has 0 aliphatic heterocycles. The molecule has 108 valence electrons. The van der Waals surface area contributed by atoms with Gasteiger partial charge in [0, 0.05) is 37.3 Å². The first kappa shape index (κ1) is 15.9. The Morgan fingerprint density at radius 3 is 2.68 bits per heavy atom. The van der Waals surface area contributed by atoms with Gasteiger partial charge in [0.25, 0.3) is 0 Å². The largest absolute Gasteiger partial charge is 0.355 e. The Balaban J connectivity index is 2.48. The van der Waals surface area contributed by atoms with Crippen LogP contribution in [0, 0.1) is 0 Å². The number of rotatable bonds is 8. The molecule has 1 atom stereocenters. The molecule has 1 heterocycles. The zero-order valence-corrected chi connectivity index (χ0v) is 13.0. The van der Waals surface area contributed by atoms with E-state index in [1.54, 1.807) is 11.3 Å². The number of nitrogens with one attached hydrogen (secondary N) is 2. The Labute approximate surface area is 119 Å². The van der Waals surface area contributed by atoms with Gasteiger partial charge in [0.1, 0.15) is 0 Å². The van der Waals surface area contributed by atoms with Crippen molar-refractivity contribution in [3.05, 3.63) is 11.1 Å². The van der Waals surface area contributed by atoms with Gasteiger partial charge in [0.15, 0.2) is 5.13 Å². The van der Waals surface area contributed by atoms with Gasteiger partial charge in [0.2, 0.25) is 5.91 Å². The van der Waals surface area contributed by atoms with Crippen LogP contribution in [-0.2, 0) is 11.3 Å². The van der Waals surface area contributed by atoms with Gasteiger partial charge in [0.05, 0.1) is 6.04 Å². The molecule has 5 nitrogen and oxygen atoms in total. The quantitative estimate of drug-likeness (QED) is 0.761. The van der Waals surface area contributed by atoms with Crippen molar-refractivity contribution in [2.75, 3.05) is 24.5 Å². The summed E-state index contributed by atoms with van der Waals surface area (Å²) in [6, 6.07) is -0.182. The molecule has 1 rings (SSSR count). The molecular weight excluding hydrogens is 260 g/mol. The maximum absolute atomic E-state index is 11.6.